The number of ether oxygens (including phenoxy) is 2. The van der Waals surface area contributed by atoms with E-state index >= 15 is 0 Å². The summed E-state index contributed by atoms with van der Waals surface area (Å²) in [6, 6.07) is 0. The van der Waals surface area contributed by atoms with E-state index in [1.165, 1.54) is 31.3 Å². The molecule has 4 aliphatic carbocycles. The molecule has 1 saturated heterocycles. The lowest BCUT2D eigenvalue weighted by atomic mass is 9.47. The Hall–Kier alpha value is -0.760. The van der Waals surface area contributed by atoms with E-state index in [1.54, 1.807) is 0 Å². The van der Waals surface area contributed by atoms with Crippen LogP contribution in [0.2, 0.25) is 0 Å². The minimum atomic E-state index is -1.40. The predicted octanol–water partition coefficient (Wildman–Crippen LogP) is 5.23. The molecule has 6 heteroatoms. The van der Waals surface area contributed by atoms with Crippen LogP contribution in [-0.2, 0) is 9.47 Å². The zero-order chi connectivity index (χ0) is 29.0. The molecule has 0 aromatic rings. The van der Waals surface area contributed by atoms with E-state index in [0.717, 1.165) is 43.4 Å². The monoisotopic (exact) mass is 560 g/mol. The molecular weight excluding hydrogens is 504 g/mol. The molecule has 4 N–H and O–H groups in total. The minimum Gasteiger partial charge on any atom is -0.394 e. The van der Waals surface area contributed by atoms with Crippen LogP contribution in [0.4, 0.5) is 0 Å². The molecule has 0 aromatic carbocycles. The van der Waals surface area contributed by atoms with Crippen LogP contribution in [-0.4, -0.2) is 63.8 Å². The van der Waals surface area contributed by atoms with E-state index in [2.05, 4.69) is 59.8 Å². The maximum atomic E-state index is 10.5. The van der Waals surface area contributed by atoms with Gasteiger partial charge in [0.1, 0.15) is 24.4 Å². The molecule has 0 spiro atoms. The number of hydrogen-bond acceptors (Lipinski definition) is 6. The van der Waals surface area contributed by atoms with Gasteiger partial charge >= 0.3 is 0 Å². The first-order valence-electron chi connectivity index (χ1n) is 16.2. The summed E-state index contributed by atoms with van der Waals surface area (Å²) in [5.74, 6) is 4.99. The SMILES string of the molecule is CC(C)[C@@H](C)/C=C/[C@@H](C)[C@H]1CC[C@H]2[C@@H]3CC=C4C[C@@H](O[C@@H]5O[C@H](CO)[C@@H](O)[C@H](O)[C@H]5O)CC[C@]4(C)[C@H]3CC[C@]12C. The van der Waals surface area contributed by atoms with Crippen molar-refractivity contribution in [3.05, 3.63) is 23.8 Å². The summed E-state index contributed by atoms with van der Waals surface area (Å²) in [5, 5.41) is 40.3. The molecule has 5 aliphatic rings. The third kappa shape index (κ3) is 5.28. The molecule has 5 rings (SSSR count). The summed E-state index contributed by atoms with van der Waals surface area (Å²) in [5.41, 5.74) is 2.11. The van der Waals surface area contributed by atoms with E-state index in [0.29, 0.717) is 29.1 Å². The normalized spacial score (nSPS) is 48.8. The second-order valence-electron chi connectivity index (χ2n) is 15.0. The maximum absolute atomic E-state index is 10.5. The fraction of sp³-hybridized carbons (Fsp3) is 0.882. The van der Waals surface area contributed by atoms with Crippen molar-refractivity contribution in [1.82, 2.24) is 0 Å². The first kappa shape index (κ1) is 30.7. The van der Waals surface area contributed by atoms with E-state index in [1.807, 2.05) is 0 Å². The Balaban J connectivity index is 1.26. The maximum Gasteiger partial charge on any atom is 0.186 e. The second kappa shape index (κ2) is 11.7. The number of hydrogen-bond donors (Lipinski definition) is 4. The first-order chi connectivity index (χ1) is 18.9. The molecule has 14 atom stereocenters. The van der Waals surface area contributed by atoms with Crippen LogP contribution in [0, 0.1) is 52.3 Å². The number of aliphatic hydroxyl groups excluding tert-OH is 4. The van der Waals surface area contributed by atoms with Gasteiger partial charge in [0.05, 0.1) is 12.7 Å². The molecule has 0 aromatic heterocycles. The zero-order valence-corrected chi connectivity index (χ0v) is 25.7. The summed E-state index contributed by atoms with van der Waals surface area (Å²) in [6.07, 6.45) is 10.6. The molecule has 4 fully saturated rings. The summed E-state index contributed by atoms with van der Waals surface area (Å²) in [6.45, 7) is 14.1. The quantitative estimate of drug-likeness (QED) is 0.318. The molecule has 1 aliphatic heterocycles. The van der Waals surface area contributed by atoms with E-state index in [4.69, 9.17) is 9.47 Å². The van der Waals surface area contributed by atoms with Crippen LogP contribution in [0.1, 0.15) is 92.9 Å². The lowest BCUT2D eigenvalue weighted by Gasteiger charge is -2.58. The molecule has 0 bridgehead atoms. The molecule has 3 saturated carbocycles. The molecule has 0 amide bonds. The number of fused-ring (bicyclic) bond motifs is 5. The average Bonchev–Trinajstić information content (AvgIpc) is 3.29. The second-order valence-corrected chi connectivity index (χ2v) is 15.0. The van der Waals surface area contributed by atoms with E-state index in [9.17, 15) is 20.4 Å². The Kier molecular flexibility index (Phi) is 9.00. The highest BCUT2D eigenvalue weighted by atomic mass is 16.7. The van der Waals surface area contributed by atoms with Crippen LogP contribution < -0.4 is 0 Å². The first-order valence-corrected chi connectivity index (χ1v) is 16.2. The van der Waals surface area contributed by atoms with Crippen LogP contribution in [0.15, 0.2) is 23.8 Å². The van der Waals surface area contributed by atoms with Gasteiger partial charge in [0.15, 0.2) is 6.29 Å². The van der Waals surface area contributed by atoms with Crippen LogP contribution >= 0.6 is 0 Å². The van der Waals surface area contributed by atoms with Gasteiger partial charge in [-0.05, 0) is 104 Å². The standard InChI is InChI=1S/C34H56O6/c1-19(2)20(3)7-8-21(4)25-11-12-26-24-10-9-22-17-23(13-15-33(22,5)27(24)14-16-34(25,26)6)39-32-31(38)30(37)29(36)28(18-35)40-32/h7-9,19-21,23-32,35-38H,10-18H2,1-6H3/b8-7+/t20-,21+,23-,24-,25+,26-,27-,28+,29+,30-,31+,32+,33-,34+/m0/s1. The highest BCUT2D eigenvalue weighted by molar-refractivity contribution is 5.25. The number of aliphatic hydroxyl groups is 4. The fourth-order valence-corrected chi connectivity index (χ4v) is 9.72. The van der Waals surface area contributed by atoms with Gasteiger partial charge in [-0.3, -0.25) is 0 Å². The summed E-state index contributed by atoms with van der Waals surface area (Å²) < 4.78 is 11.9. The molecule has 228 valence electrons. The summed E-state index contributed by atoms with van der Waals surface area (Å²) in [7, 11) is 0. The fourth-order valence-electron chi connectivity index (χ4n) is 9.72. The van der Waals surface area contributed by atoms with Gasteiger partial charge in [-0.1, -0.05) is 65.3 Å². The van der Waals surface area contributed by atoms with Crippen LogP contribution in [0.25, 0.3) is 0 Å². The summed E-state index contributed by atoms with van der Waals surface area (Å²) >= 11 is 0. The predicted molar refractivity (Wildman–Crippen MR) is 156 cm³/mol. The summed E-state index contributed by atoms with van der Waals surface area (Å²) in [4.78, 5) is 0. The Morgan fingerprint density at radius 3 is 2.40 bits per heavy atom. The van der Waals surface area contributed by atoms with Gasteiger partial charge in [-0.2, -0.15) is 0 Å². The van der Waals surface area contributed by atoms with Crippen molar-refractivity contribution < 1.29 is 29.9 Å². The highest BCUT2D eigenvalue weighted by Crippen LogP contribution is 2.67. The van der Waals surface area contributed by atoms with Gasteiger partial charge in [0.25, 0.3) is 0 Å². The van der Waals surface area contributed by atoms with Gasteiger partial charge in [0, 0.05) is 0 Å². The Labute approximate surface area is 242 Å². The van der Waals surface area contributed by atoms with Crippen molar-refractivity contribution >= 4 is 0 Å². The van der Waals surface area contributed by atoms with Gasteiger partial charge < -0.3 is 29.9 Å². The third-order valence-electron chi connectivity index (χ3n) is 12.7. The Bertz CT molecular complexity index is 945. The molecular formula is C34H56O6. The number of rotatable bonds is 7. The van der Waals surface area contributed by atoms with Crippen molar-refractivity contribution in [2.45, 2.75) is 130 Å². The Morgan fingerprint density at radius 2 is 1.70 bits per heavy atom. The van der Waals surface area contributed by atoms with Crippen molar-refractivity contribution in [1.29, 1.82) is 0 Å². The van der Waals surface area contributed by atoms with Crippen LogP contribution in [0.3, 0.4) is 0 Å². The van der Waals surface area contributed by atoms with Crippen molar-refractivity contribution in [3.63, 3.8) is 0 Å². The largest absolute Gasteiger partial charge is 0.394 e. The average molecular weight is 561 g/mol. The van der Waals surface area contributed by atoms with Gasteiger partial charge in [0.2, 0.25) is 0 Å². The molecule has 40 heavy (non-hydrogen) atoms. The van der Waals surface area contributed by atoms with Crippen molar-refractivity contribution in [2.75, 3.05) is 6.61 Å². The van der Waals surface area contributed by atoms with Crippen LogP contribution in [0.5, 0.6) is 0 Å². The lowest BCUT2D eigenvalue weighted by Crippen LogP contribution is -2.60. The van der Waals surface area contributed by atoms with E-state index in [-0.39, 0.29) is 11.5 Å². The zero-order valence-electron chi connectivity index (χ0n) is 25.7. The molecule has 6 nitrogen and oxygen atoms in total. The van der Waals surface area contributed by atoms with Crippen molar-refractivity contribution in [2.24, 2.45) is 52.3 Å². The number of allylic oxidation sites excluding steroid dienone is 3. The van der Waals surface area contributed by atoms with Gasteiger partial charge in [-0.25, -0.2) is 0 Å². The van der Waals surface area contributed by atoms with Gasteiger partial charge in [-0.15, -0.1) is 0 Å². The lowest BCUT2D eigenvalue weighted by molar-refractivity contribution is -0.313. The smallest absolute Gasteiger partial charge is 0.186 e. The molecule has 0 unspecified atom stereocenters. The third-order valence-corrected chi connectivity index (χ3v) is 12.7. The molecule has 1 heterocycles. The molecule has 0 radical (unpaired) electrons. The van der Waals surface area contributed by atoms with E-state index < -0.39 is 37.3 Å². The highest BCUT2D eigenvalue weighted by Gasteiger charge is 2.59. The topological polar surface area (TPSA) is 99.4 Å². The minimum absolute atomic E-state index is 0.108. The van der Waals surface area contributed by atoms with Crippen molar-refractivity contribution in [3.8, 4) is 0 Å². The Morgan fingerprint density at radius 1 is 0.950 bits per heavy atom.